The van der Waals surface area contributed by atoms with Crippen LogP contribution in [0.4, 0.5) is 0 Å². The van der Waals surface area contributed by atoms with Crippen LogP contribution in [0.1, 0.15) is 12.6 Å². The molecule has 2 rings (SSSR count). The van der Waals surface area contributed by atoms with Crippen molar-refractivity contribution in [1.29, 1.82) is 0 Å². The van der Waals surface area contributed by atoms with Gasteiger partial charge in [-0.2, -0.15) is 0 Å². The molecular weight excluding hydrogens is 272 g/mol. The Kier molecular flexibility index (Phi) is 4.87. The maximum Gasteiger partial charge on any atom is 0.373 e. The van der Waals surface area contributed by atoms with Gasteiger partial charge < -0.3 is 14.6 Å². The minimum Gasteiger partial charge on any atom is -0.502 e. The smallest absolute Gasteiger partial charge is 0.373 e. The summed E-state index contributed by atoms with van der Waals surface area (Å²) >= 11 is 0. The summed E-state index contributed by atoms with van der Waals surface area (Å²) < 4.78 is 10.1. The molecule has 6 nitrogen and oxygen atoms in total. The number of carbonyl (C=O) groups is 1. The van der Waals surface area contributed by atoms with E-state index in [4.69, 9.17) is 4.74 Å². The maximum absolute atomic E-state index is 11.2. The zero-order chi connectivity index (χ0) is 15.1. The van der Waals surface area contributed by atoms with Gasteiger partial charge >= 0.3 is 5.97 Å². The molecule has 0 aliphatic heterocycles. The number of aliphatic hydroxyl groups excluding tert-OH is 1. The van der Waals surface area contributed by atoms with E-state index in [1.165, 1.54) is 18.5 Å². The predicted molar refractivity (Wildman–Crippen MR) is 75.8 cm³/mol. The van der Waals surface area contributed by atoms with Crippen molar-refractivity contribution >= 4 is 12.0 Å². The average molecular weight is 286 g/mol. The summed E-state index contributed by atoms with van der Waals surface area (Å²) in [4.78, 5) is 19.3. The number of hydrogen-bond donors (Lipinski definition) is 1. The quantitative estimate of drug-likeness (QED) is 0.517. The van der Waals surface area contributed by atoms with Crippen molar-refractivity contribution in [1.82, 2.24) is 9.97 Å². The van der Waals surface area contributed by atoms with E-state index >= 15 is 0 Å². The van der Waals surface area contributed by atoms with E-state index in [-0.39, 0.29) is 6.61 Å². The number of nitrogens with zero attached hydrogens (tertiary/aromatic N) is 2. The summed E-state index contributed by atoms with van der Waals surface area (Å²) in [6.45, 7) is 1.84. The van der Waals surface area contributed by atoms with Crippen molar-refractivity contribution < 1.29 is 19.4 Å². The molecule has 0 unspecified atom stereocenters. The van der Waals surface area contributed by atoms with Gasteiger partial charge in [-0.25, -0.2) is 14.8 Å². The number of benzene rings is 1. The molecule has 6 heteroatoms. The van der Waals surface area contributed by atoms with Crippen LogP contribution in [-0.4, -0.2) is 27.7 Å². The molecule has 1 aromatic carbocycles. The first-order valence-electron chi connectivity index (χ1n) is 6.31. The molecule has 0 bridgehead atoms. The zero-order valence-electron chi connectivity index (χ0n) is 11.4. The van der Waals surface area contributed by atoms with Crippen molar-refractivity contribution in [2.75, 3.05) is 6.61 Å². The van der Waals surface area contributed by atoms with Crippen LogP contribution in [0.3, 0.4) is 0 Å². The molecule has 2 aromatic rings. The molecule has 1 aromatic heterocycles. The van der Waals surface area contributed by atoms with Crippen molar-refractivity contribution in [2.24, 2.45) is 0 Å². The molecule has 1 heterocycles. The monoisotopic (exact) mass is 286 g/mol. The standard InChI is InChI=1S/C15H14N2O4/c1-2-20-15(19)13(18)8-11-9-17-14(10-16-11)21-12-6-4-3-5-7-12/h3-10,18H,2H2,1H3/b13-8-. The van der Waals surface area contributed by atoms with E-state index in [1.807, 2.05) is 18.2 Å². The van der Waals surface area contributed by atoms with Gasteiger partial charge in [-0.1, -0.05) is 18.2 Å². The van der Waals surface area contributed by atoms with E-state index in [0.29, 0.717) is 17.3 Å². The van der Waals surface area contributed by atoms with Crippen LogP contribution in [0, 0.1) is 0 Å². The van der Waals surface area contributed by atoms with E-state index in [9.17, 15) is 9.90 Å². The number of aromatic nitrogens is 2. The van der Waals surface area contributed by atoms with Gasteiger partial charge in [-0.15, -0.1) is 0 Å². The minimum absolute atomic E-state index is 0.187. The first-order valence-corrected chi connectivity index (χ1v) is 6.31. The fourth-order valence-corrected chi connectivity index (χ4v) is 1.47. The third-order valence-corrected chi connectivity index (χ3v) is 2.38. The summed E-state index contributed by atoms with van der Waals surface area (Å²) in [6, 6.07) is 9.16. The molecule has 0 fully saturated rings. The number of para-hydroxylation sites is 1. The molecule has 108 valence electrons. The fraction of sp³-hybridized carbons (Fsp3) is 0.133. The number of carbonyl (C=O) groups excluding carboxylic acids is 1. The lowest BCUT2D eigenvalue weighted by Gasteiger charge is -2.04. The lowest BCUT2D eigenvalue weighted by molar-refractivity contribution is -0.141. The van der Waals surface area contributed by atoms with Crippen LogP contribution < -0.4 is 4.74 Å². The van der Waals surface area contributed by atoms with Crippen molar-refractivity contribution in [2.45, 2.75) is 6.92 Å². The molecule has 21 heavy (non-hydrogen) atoms. The van der Waals surface area contributed by atoms with Crippen LogP contribution in [-0.2, 0) is 9.53 Å². The molecule has 0 saturated heterocycles. The topological polar surface area (TPSA) is 81.5 Å². The van der Waals surface area contributed by atoms with Gasteiger partial charge in [-0.05, 0) is 19.1 Å². The predicted octanol–water partition coefficient (Wildman–Crippen LogP) is 2.73. The SMILES string of the molecule is CCOC(=O)/C(O)=C/c1cnc(Oc2ccccc2)cn1. The van der Waals surface area contributed by atoms with Crippen LogP contribution in [0.5, 0.6) is 11.6 Å². The highest BCUT2D eigenvalue weighted by molar-refractivity contribution is 5.90. The Morgan fingerprint density at radius 2 is 2.00 bits per heavy atom. The molecule has 0 amide bonds. The average Bonchev–Trinajstić information content (AvgIpc) is 2.50. The van der Waals surface area contributed by atoms with Crippen molar-refractivity contribution in [3.05, 3.63) is 54.2 Å². The molecule has 1 N–H and O–H groups in total. The number of rotatable bonds is 5. The molecule has 0 spiro atoms. The highest BCUT2D eigenvalue weighted by atomic mass is 16.5. The summed E-state index contributed by atoms with van der Waals surface area (Å²) in [7, 11) is 0. The highest BCUT2D eigenvalue weighted by Crippen LogP contribution is 2.17. The first-order chi connectivity index (χ1) is 10.2. The number of aliphatic hydroxyl groups is 1. The van der Waals surface area contributed by atoms with Gasteiger partial charge in [0, 0.05) is 6.08 Å². The third kappa shape index (κ3) is 4.31. The fourth-order valence-electron chi connectivity index (χ4n) is 1.47. The molecular formula is C15H14N2O4. The van der Waals surface area contributed by atoms with Crippen LogP contribution in [0.15, 0.2) is 48.5 Å². The Balaban J connectivity index is 2.05. The lowest BCUT2D eigenvalue weighted by atomic mass is 10.3. The van der Waals surface area contributed by atoms with Crippen molar-refractivity contribution in [3.63, 3.8) is 0 Å². The summed E-state index contributed by atoms with van der Waals surface area (Å²) in [5, 5.41) is 9.49. The van der Waals surface area contributed by atoms with Gasteiger partial charge in [0.2, 0.25) is 11.6 Å². The highest BCUT2D eigenvalue weighted by Gasteiger charge is 2.08. The van der Waals surface area contributed by atoms with Gasteiger partial charge in [-0.3, -0.25) is 0 Å². The largest absolute Gasteiger partial charge is 0.502 e. The van der Waals surface area contributed by atoms with Crippen molar-refractivity contribution in [3.8, 4) is 11.6 Å². The van der Waals surface area contributed by atoms with E-state index in [0.717, 1.165) is 0 Å². The van der Waals surface area contributed by atoms with Gasteiger partial charge in [0.25, 0.3) is 0 Å². The van der Waals surface area contributed by atoms with Crippen LogP contribution in [0.2, 0.25) is 0 Å². The van der Waals surface area contributed by atoms with Crippen LogP contribution >= 0.6 is 0 Å². The number of hydrogen-bond acceptors (Lipinski definition) is 6. The number of esters is 1. The molecule has 0 aliphatic carbocycles. The molecule has 0 saturated carbocycles. The second-order valence-electron chi connectivity index (χ2n) is 3.94. The minimum atomic E-state index is -0.802. The Labute approximate surface area is 121 Å². The summed E-state index contributed by atoms with van der Waals surface area (Å²) in [6.07, 6.45) is 3.96. The molecule has 0 atom stereocenters. The molecule has 0 aliphatic rings. The maximum atomic E-state index is 11.2. The third-order valence-electron chi connectivity index (χ3n) is 2.38. The molecule has 0 radical (unpaired) electrons. The Morgan fingerprint density at radius 1 is 1.24 bits per heavy atom. The van der Waals surface area contributed by atoms with E-state index in [2.05, 4.69) is 14.7 Å². The Bertz CT molecular complexity index is 624. The first kappa shape index (κ1) is 14.5. The van der Waals surface area contributed by atoms with Crippen LogP contribution in [0.25, 0.3) is 6.08 Å². The lowest BCUT2D eigenvalue weighted by Crippen LogP contribution is -2.07. The summed E-state index contributed by atoms with van der Waals surface area (Å²) in [5.74, 6) is -0.370. The van der Waals surface area contributed by atoms with E-state index < -0.39 is 11.7 Å². The normalized spacial score (nSPS) is 11.0. The van der Waals surface area contributed by atoms with Gasteiger partial charge in [0.15, 0.2) is 0 Å². The summed E-state index contributed by atoms with van der Waals surface area (Å²) in [5.41, 5.74) is 0.320. The van der Waals surface area contributed by atoms with Gasteiger partial charge in [0.05, 0.1) is 24.7 Å². The Morgan fingerprint density at radius 3 is 2.62 bits per heavy atom. The Hall–Kier alpha value is -2.89. The second kappa shape index (κ2) is 7.04. The van der Waals surface area contributed by atoms with Gasteiger partial charge in [0.1, 0.15) is 5.75 Å². The zero-order valence-corrected chi connectivity index (χ0v) is 11.4. The van der Waals surface area contributed by atoms with E-state index in [1.54, 1.807) is 19.1 Å². The number of ether oxygens (including phenoxy) is 2. The second-order valence-corrected chi connectivity index (χ2v) is 3.94.